The molecule has 0 aromatic heterocycles. The summed E-state index contributed by atoms with van der Waals surface area (Å²) >= 11 is 0. The van der Waals surface area contributed by atoms with Gasteiger partial charge in [-0.1, -0.05) is 0 Å². The van der Waals surface area contributed by atoms with Gasteiger partial charge in [-0.2, -0.15) is 0 Å². The fraction of sp³-hybridized carbons (Fsp3) is 0.900. The molecule has 2 N–H and O–H groups in total. The molecular formula is C10H17NO2. The third kappa shape index (κ3) is 1.46. The summed E-state index contributed by atoms with van der Waals surface area (Å²) in [5.41, 5.74) is 5.85. The molecule has 0 aliphatic heterocycles. The monoisotopic (exact) mass is 183 g/mol. The van der Waals surface area contributed by atoms with Gasteiger partial charge in [0.1, 0.15) is 0 Å². The van der Waals surface area contributed by atoms with Crippen molar-refractivity contribution in [2.24, 2.45) is 23.5 Å². The molecule has 3 heteroatoms. The van der Waals surface area contributed by atoms with E-state index in [1.807, 2.05) is 6.92 Å². The molecule has 3 nitrogen and oxygen atoms in total. The van der Waals surface area contributed by atoms with E-state index in [1.54, 1.807) is 0 Å². The number of fused-ring (bicyclic) bond motifs is 1. The van der Waals surface area contributed by atoms with Crippen molar-refractivity contribution in [3.05, 3.63) is 0 Å². The van der Waals surface area contributed by atoms with E-state index in [4.69, 9.17) is 10.5 Å². The van der Waals surface area contributed by atoms with Gasteiger partial charge in [0, 0.05) is 6.04 Å². The van der Waals surface area contributed by atoms with Crippen LogP contribution < -0.4 is 5.73 Å². The van der Waals surface area contributed by atoms with Crippen LogP contribution in [-0.2, 0) is 9.53 Å². The molecule has 2 rings (SSSR count). The molecular weight excluding hydrogens is 166 g/mol. The van der Waals surface area contributed by atoms with Crippen molar-refractivity contribution < 1.29 is 9.53 Å². The average Bonchev–Trinajstić information content (AvgIpc) is 2.43. The van der Waals surface area contributed by atoms with Gasteiger partial charge in [-0.3, -0.25) is 4.79 Å². The molecule has 4 atom stereocenters. The van der Waals surface area contributed by atoms with E-state index in [0.717, 1.165) is 19.3 Å². The number of rotatable bonds is 2. The van der Waals surface area contributed by atoms with E-state index < -0.39 is 0 Å². The molecule has 2 aliphatic carbocycles. The van der Waals surface area contributed by atoms with E-state index in [0.29, 0.717) is 24.5 Å². The van der Waals surface area contributed by atoms with Gasteiger partial charge in [0.05, 0.1) is 12.5 Å². The largest absolute Gasteiger partial charge is 0.466 e. The highest BCUT2D eigenvalue weighted by molar-refractivity contribution is 5.73. The van der Waals surface area contributed by atoms with E-state index in [-0.39, 0.29) is 11.9 Å². The summed E-state index contributed by atoms with van der Waals surface area (Å²) in [6.45, 7) is 2.35. The molecule has 2 aliphatic rings. The normalized spacial score (nSPS) is 42.3. The first-order chi connectivity index (χ1) is 6.22. The first kappa shape index (κ1) is 9.00. The summed E-state index contributed by atoms with van der Waals surface area (Å²) < 4.78 is 5.01. The minimum atomic E-state index is -0.0101. The maximum atomic E-state index is 11.4. The van der Waals surface area contributed by atoms with Crippen LogP contribution >= 0.6 is 0 Å². The Kier molecular flexibility index (Phi) is 2.28. The molecule has 0 bridgehead atoms. The number of hydrogen-bond donors (Lipinski definition) is 1. The lowest BCUT2D eigenvalue weighted by molar-refractivity contribution is -0.147. The fourth-order valence-corrected chi connectivity index (χ4v) is 2.73. The zero-order valence-corrected chi connectivity index (χ0v) is 8.03. The standard InChI is InChI=1S/C10H17NO2/c1-2-13-10(12)7-3-6-5-9(11)8(6)4-7/h6-9H,2-5,11H2,1H3. The van der Waals surface area contributed by atoms with Gasteiger partial charge in [0.15, 0.2) is 0 Å². The summed E-state index contributed by atoms with van der Waals surface area (Å²) in [5, 5.41) is 0. The number of carbonyl (C=O) groups is 1. The van der Waals surface area contributed by atoms with Crippen molar-refractivity contribution in [2.75, 3.05) is 6.61 Å². The van der Waals surface area contributed by atoms with Gasteiger partial charge < -0.3 is 10.5 Å². The van der Waals surface area contributed by atoms with Crippen LogP contribution in [0.1, 0.15) is 26.2 Å². The predicted molar refractivity (Wildman–Crippen MR) is 48.9 cm³/mol. The molecule has 0 aromatic carbocycles. The lowest BCUT2D eigenvalue weighted by Gasteiger charge is -2.37. The lowest BCUT2D eigenvalue weighted by Crippen LogP contribution is -2.44. The van der Waals surface area contributed by atoms with Crippen LogP contribution in [0.25, 0.3) is 0 Å². The first-order valence-corrected chi connectivity index (χ1v) is 5.14. The Morgan fingerprint density at radius 2 is 2.23 bits per heavy atom. The second-order valence-electron chi connectivity index (χ2n) is 4.24. The zero-order valence-electron chi connectivity index (χ0n) is 8.03. The zero-order chi connectivity index (χ0) is 9.42. The molecule has 0 saturated heterocycles. The number of ether oxygens (including phenoxy) is 1. The summed E-state index contributed by atoms with van der Waals surface area (Å²) in [7, 11) is 0. The SMILES string of the molecule is CCOC(=O)C1CC2CC(N)C2C1. The second-order valence-corrected chi connectivity index (χ2v) is 4.24. The molecule has 0 amide bonds. The number of nitrogens with two attached hydrogens (primary N) is 1. The van der Waals surface area contributed by atoms with Crippen molar-refractivity contribution in [1.29, 1.82) is 0 Å². The lowest BCUT2D eigenvalue weighted by atomic mass is 9.72. The molecule has 4 unspecified atom stereocenters. The van der Waals surface area contributed by atoms with Crippen LogP contribution in [0.2, 0.25) is 0 Å². The maximum absolute atomic E-state index is 11.4. The molecule has 2 fully saturated rings. The molecule has 0 heterocycles. The van der Waals surface area contributed by atoms with E-state index >= 15 is 0 Å². The summed E-state index contributed by atoms with van der Waals surface area (Å²) in [6, 6.07) is 0.351. The van der Waals surface area contributed by atoms with Crippen LogP contribution in [0.15, 0.2) is 0 Å². The Labute approximate surface area is 78.6 Å². The maximum Gasteiger partial charge on any atom is 0.308 e. The number of carbonyl (C=O) groups excluding carboxylic acids is 1. The van der Waals surface area contributed by atoms with E-state index in [9.17, 15) is 4.79 Å². The van der Waals surface area contributed by atoms with Gasteiger partial charge in [-0.25, -0.2) is 0 Å². The highest BCUT2D eigenvalue weighted by Crippen LogP contribution is 2.49. The van der Waals surface area contributed by atoms with Crippen molar-refractivity contribution >= 4 is 5.97 Å². The Balaban J connectivity index is 1.87. The summed E-state index contributed by atoms with van der Waals surface area (Å²) in [5.74, 6) is 1.45. The first-order valence-electron chi connectivity index (χ1n) is 5.14. The van der Waals surface area contributed by atoms with Gasteiger partial charge >= 0.3 is 5.97 Å². The van der Waals surface area contributed by atoms with E-state index in [2.05, 4.69) is 0 Å². The average molecular weight is 183 g/mol. The van der Waals surface area contributed by atoms with Crippen molar-refractivity contribution in [3.63, 3.8) is 0 Å². The van der Waals surface area contributed by atoms with Crippen molar-refractivity contribution in [2.45, 2.75) is 32.2 Å². The smallest absolute Gasteiger partial charge is 0.308 e. The predicted octanol–water partition coefficient (Wildman–Crippen LogP) is 0.923. The third-order valence-corrected chi connectivity index (χ3v) is 3.49. The molecule has 0 aromatic rings. The summed E-state index contributed by atoms with van der Waals surface area (Å²) in [4.78, 5) is 11.4. The number of hydrogen-bond acceptors (Lipinski definition) is 3. The van der Waals surface area contributed by atoms with Gasteiger partial charge in [-0.05, 0) is 38.0 Å². The van der Waals surface area contributed by atoms with E-state index in [1.165, 1.54) is 0 Å². The Bertz CT molecular complexity index is 217. The Morgan fingerprint density at radius 1 is 1.46 bits per heavy atom. The minimum Gasteiger partial charge on any atom is -0.466 e. The number of esters is 1. The molecule has 74 valence electrons. The Morgan fingerprint density at radius 3 is 2.77 bits per heavy atom. The second kappa shape index (κ2) is 3.29. The van der Waals surface area contributed by atoms with Crippen LogP contribution in [0, 0.1) is 17.8 Å². The molecule has 0 radical (unpaired) electrons. The molecule has 2 saturated carbocycles. The van der Waals surface area contributed by atoms with Crippen molar-refractivity contribution in [3.8, 4) is 0 Å². The van der Waals surface area contributed by atoms with Crippen LogP contribution in [0.3, 0.4) is 0 Å². The molecule has 13 heavy (non-hydrogen) atoms. The van der Waals surface area contributed by atoms with Crippen LogP contribution in [0.4, 0.5) is 0 Å². The van der Waals surface area contributed by atoms with Crippen LogP contribution in [0.5, 0.6) is 0 Å². The van der Waals surface area contributed by atoms with Crippen molar-refractivity contribution in [1.82, 2.24) is 0 Å². The quantitative estimate of drug-likeness (QED) is 0.648. The van der Waals surface area contributed by atoms with Gasteiger partial charge in [0.25, 0.3) is 0 Å². The summed E-state index contributed by atoms with van der Waals surface area (Å²) in [6.07, 6.45) is 3.09. The topological polar surface area (TPSA) is 52.3 Å². The van der Waals surface area contributed by atoms with Crippen LogP contribution in [-0.4, -0.2) is 18.6 Å². The van der Waals surface area contributed by atoms with Gasteiger partial charge in [-0.15, -0.1) is 0 Å². The minimum absolute atomic E-state index is 0.0101. The van der Waals surface area contributed by atoms with Gasteiger partial charge in [0.2, 0.25) is 0 Å². The third-order valence-electron chi connectivity index (χ3n) is 3.49. The fourth-order valence-electron chi connectivity index (χ4n) is 2.73. The Hall–Kier alpha value is -0.570. The highest BCUT2D eigenvalue weighted by atomic mass is 16.5. The highest BCUT2D eigenvalue weighted by Gasteiger charge is 2.48. The molecule has 0 spiro atoms.